The second-order valence-electron chi connectivity index (χ2n) is 7.77. The standard InChI is InChI=1S/C20H31FN4O2S/c1-2-22-20(24-18-9-12-28(26,27)15-18)23-13-16-7-10-25(11-8-16)14-17-5-3-4-6-19(17)21/h3-6,16,18H,2,7-15H2,1H3,(H2,22,23,24). The molecule has 1 aromatic carbocycles. The van der Waals surface area contributed by atoms with Crippen molar-refractivity contribution in [3.8, 4) is 0 Å². The molecule has 156 valence electrons. The predicted molar refractivity (Wildman–Crippen MR) is 111 cm³/mol. The highest BCUT2D eigenvalue weighted by molar-refractivity contribution is 7.91. The number of rotatable bonds is 6. The van der Waals surface area contributed by atoms with Gasteiger partial charge in [-0.3, -0.25) is 9.89 Å². The number of hydrogen-bond donors (Lipinski definition) is 2. The minimum absolute atomic E-state index is 0.0505. The van der Waals surface area contributed by atoms with Crippen molar-refractivity contribution in [2.45, 2.75) is 38.8 Å². The Morgan fingerprint density at radius 3 is 2.64 bits per heavy atom. The minimum atomic E-state index is -2.90. The third-order valence-electron chi connectivity index (χ3n) is 5.48. The zero-order chi connectivity index (χ0) is 20.0. The molecule has 0 aliphatic carbocycles. The van der Waals surface area contributed by atoms with Crippen LogP contribution in [0.1, 0.15) is 31.7 Å². The van der Waals surface area contributed by atoms with Gasteiger partial charge in [-0.25, -0.2) is 12.8 Å². The topological polar surface area (TPSA) is 73.8 Å². The van der Waals surface area contributed by atoms with E-state index in [1.54, 1.807) is 6.07 Å². The second-order valence-corrected chi connectivity index (χ2v) is 10.0. The average molecular weight is 411 g/mol. The lowest BCUT2D eigenvalue weighted by Gasteiger charge is -2.31. The maximum atomic E-state index is 13.8. The van der Waals surface area contributed by atoms with Crippen molar-refractivity contribution >= 4 is 15.8 Å². The third kappa shape index (κ3) is 6.17. The molecule has 2 heterocycles. The number of benzene rings is 1. The Morgan fingerprint density at radius 2 is 2.00 bits per heavy atom. The SMILES string of the molecule is CCNC(=NCC1CCN(Cc2ccccc2F)CC1)NC1CCS(=O)(=O)C1. The van der Waals surface area contributed by atoms with E-state index in [9.17, 15) is 12.8 Å². The largest absolute Gasteiger partial charge is 0.357 e. The fourth-order valence-corrected chi connectivity index (χ4v) is 5.51. The monoisotopic (exact) mass is 410 g/mol. The molecule has 28 heavy (non-hydrogen) atoms. The Morgan fingerprint density at radius 1 is 1.25 bits per heavy atom. The van der Waals surface area contributed by atoms with Gasteiger partial charge in [0.2, 0.25) is 0 Å². The predicted octanol–water partition coefficient (Wildman–Crippen LogP) is 1.78. The van der Waals surface area contributed by atoms with Gasteiger partial charge in [-0.2, -0.15) is 0 Å². The highest BCUT2D eigenvalue weighted by Crippen LogP contribution is 2.20. The van der Waals surface area contributed by atoms with E-state index in [1.165, 1.54) is 6.07 Å². The highest BCUT2D eigenvalue weighted by Gasteiger charge is 2.28. The van der Waals surface area contributed by atoms with Gasteiger partial charge in [0.1, 0.15) is 5.82 Å². The fourth-order valence-electron chi connectivity index (χ4n) is 3.84. The summed E-state index contributed by atoms with van der Waals surface area (Å²) in [6, 6.07) is 6.92. The maximum Gasteiger partial charge on any atom is 0.191 e. The average Bonchev–Trinajstić information content (AvgIpc) is 3.01. The molecule has 0 radical (unpaired) electrons. The van der Waals surface area contributed by atoms with Crippen molar-refractivity contribution in [3.05, 3.63) is 35.6 Å². The first-order valence-electron chi connectivity index (χ1n) is 10.2. The Kier molecular flexibility index (Phi) is 7.29. The molecule has 0 bridgehead atoms. The van der Waals surface area contributed by atoms with E-state index in [1.807, 2.05) is 19.1 Å². The molecule has 1 aromatic rings. The first-order valence-corrected chi connectivity index (χ1v) is 12.0. The lowest BCUT2D eigenvalue weighted by atomic mass is 9.96. The van der Waals surface area contributed by atoms with Gasteiger partial charge in [0.15, 0.2) is 15.8 Å². The molecule has 2 fully saturated rings. The summed E-state index contributed by atoms with van der Waals surface area (Å²) in [7, 11) is -2.90. The Balaban J connectivity index is 1.46. The number of halogens is 1. The van der Waals surface area contributed by atoms with Crippen LogP contribution < -0.4 is 10.6 Å². The van der Waals surface area contributed by atoms with Crippen LogP contribution in [0.2, 0.25) is 0 Å². The summed E-state index contributed by atoms with van der Waals surface area (Å²) in [6.45, 7) is 6.01. The number of guanidine groups is 1. The highest BCUT2D eigenvalue weighted by atomic mass is 32.2. The van der Waals surface area contributed by atoms with E-state index < -0.39 is 9.84 Å². The Hall–Kier alpha value is -1.67. The smallest absolute Gasteiger partial charge is 0.191 e. The van der Waals surface area contributed by atoms with E-state index in [4.69, 9.17) is 4.99 Å². The molecule has 0 spiro atoms. The van der Waals surface area contributed by atoms with Gasteiger partial charge in [0.05, 0.1) is 11.5 Å². The number of hydrogen-bond acceptors (Lipinski definition) is 4. The van der Waals surface area contributed by atoms with Crippen LogP contribution in [0.3, 0.4) is 0 Å². The summed E-state index contributed by atoms with van der Waals surface area (Å²) in [4.78, 5) is 6.99. The number of sulfone groups is 1. The second kappa shape index (κ2) is 9.69. The number of nitrogens with zero attached hydrogens (tertiary/aromatic N) is 2. The summed E-state index contributed by atoms with van der Waals surface area (Å²) >= 11 is 0. The van der Waals surface area contributed by atoms with Crippen LogP contribution >= 0.6 is 0 Å². The lowest BCUT2D eigenvalue weighted by Crippen LogP contribution is -2.44. The Labute approximate surface area is 167 Å². The molecule has 0 aromatic heterocycles. The van der Waals surface area contributed by atoms with Crippen LogP contribution in [0.15, 0.2) is 29.3 Å². The maximum absolute atomic E-state index is 13.8. The van der Waals surface area contributed by atoms with Gasteiger partial charge in [-0.15, -0.1) is 0 Å². The molecule has 6 nitrogen and oxygen atoms in total. The number of piperidine rings is 1. The summed E-state index contributed by atoms with van der Waals surface area (Å²) in [5.41, 5.74) is 0.754. The molecular weight excluding hydrogens is 379 g/mol. The summed E-state index contributed by atoms with van der Waals surface area (Å²) in [5, 5.41) is 6.48. The van der Waals surface area contributed by atoms with E-state index in [2.05, 4.69) is 15.5 Å². The van der Waals surface area contributed by atoms with Gasteiger partial charge in [-0.05, 0) is 51.3 Å². The molecule has 2 saturated heterocycles. The van der Waals surface area contributed by atoms with E-state index in [0.717, 1.165) is 44.6 Å². The Bertz CT molecular complexity index is 776. The summed E-state index contributed by atoms with van der Waals surface area (Å²) < 4.78 is 37.1. The van der Waals surface area contributed by atoms with Gasteiger partial charge >= 0.3 is 0 Å². The number of aliphatic imine (C=N–C) groups is 1. The zero-order valence-electron chi connectivity index (χ0n) is 16.5. The quantitative estimate of drug-likeness (QED) is 0.552. The van der Waals surface area contributed by atoms with Gasteiger partial charge in [0, 0.05) is 31.2 Å². The molecule has 1 unspecified atom stereocenters. The summed E-state index contributed by atoms with van der Waals surface area (Å²) in [5.74, 6) is 1.51. The van der Waals surface area contributed by atoms with Gasteiger partial charge in [-0.1, -0.05) is 18.2 Å². The summed E-state index contributed by atoms with van der Waals surface area (Å²) in [6.07, 6.45) is 2.71. The fraction of sp³-hybridized carbons (Fsp3) is 0.650. The number of nitrogens with one attached hydrogen (secondary N) is 2. The zero-order valence-corrected chi connectivity index (χ0v) is 17.3. The van der Waals surface area contributed by atoms with E-state index >= 15 is 0 Å². The molecular formula is C20H31FN4O2S. The molecule has 2 aliphatic rings. The first kappa shape index (κ1) is 21.0. The van der Waals surface area contributed by atoms with Crippen LogP contribution in [-0.2, 0) is 16.4 Å². The lowest BCUT2D eigenvalue weighted by molar-refractivity contribution is 0.179. The van der Waals surface area contributed by atoms with Gasteiger partial charge < -0.3 is 10.6 Å². The molecule has 2 aliphatic heterocycles. The molecule has 0 saturated carbocycles. The first-order chi connectivity index (χ1) is 13.4. The van der Waals surface area contributed by atoms with Crippen LogP contribution in [0.5, 0.6) is 0 Å². The van der Waals surface area contributed by atoms with Crippen molar-refractivity contribution in [1.82, 2.24) is 15.5 Å². The van der Waals surface area contributed by atoms with E-state index in [-0.39, 0.29) is 23.4 Å². The molecule has 0 amide bonds. The van der Waals surface area contributed by atoms with Crippen molar-refractivity contribution < 1.29 is 12.8 Å². The van der Waals surface area contributed by atoms with Gasteiger partial charge in [0.25, 0.3) is 0 Å². The number of likely N-dealkylation sites (tertiary alicyclic amines) is 1. The molecule has 8 heteroatoms. The van der Waals surface area contributed by atoms with Crippen LogP contribution in [-0.4, -0.2) is 63.0 Å². The van der Waals surface area contributed by atoms with Crippen LogP contribution in [0.4, 0.5) is 4.39 Å². The molecule has 2 N–H and O–H groups in total. The van der Waals surface area contributed by atoms with Crippen LogP contribution in [0, 0.1) is 11.7 Å². The van der Waals surface area contributed by atoms with Crippen LogP contribution in [0.25, 0.3) is 0 Å². The van der Waals surface area contributed by atoms with Crippen molar-refractivity contribution in [2.75, 3.05) is 37.7 Å². The minimum Gasteiger partial charge on any atom is -0.357 e. The van der Waals surface area contributed by atoms with Crippen molar-refractivity contribution in [1.29, 1.82) is 0 Å². The molecule has 1 atom stereocenters. The van der Waals surface area contributed by atoms with E-state index in [0.29, 0.717) is 24.8 Å². The third-order valence-corrected chi connectivity index (χ3v) is 7.25. The molecule has 3 rings (SSSR count). The van der Waals surface area contributed by atoms with Crippen molar-refractivity contribution in [3.63, 3.8) is 0 Å². The van der Waals surface area contributed by atoms with Crippen molar-refractivity contribution in [2.24, 2.45) is 10.9 Å². The normalized spacial score (nSPS) is 23.6.